The van der Waals surface area contributed by atoms with Crippen LogP contribution in [0.5, 0.6) is 17.2 Å². The normalized spacial score (nSPS) is 28.3. The van der Waals surface area contributed by atoms with Crippen molar-refractivity contribution in [2.75, 3.05) is 0 Å². The van der Waals surface area contributed by atoms with Crippen molar-refractivity contribution in [1.82, 2.24) is 0 Å². The molecule has 3 heterocycles. The summed E-state index contributed by atoms with van der Waals surface area (Å²) in [4.78, 5) is 71.0. The largest absolute Gasteiger partial charge is 0.507 e. The van der Waals surface area contributed by atoms with E-state index in [9.17, 15) is 29.1 Å². The molecule has 0 bridgehead atoms. The van der Waals surface area contributed by atoms with Gasteiger partial charge in [-0.15, -0.1) is 0 Å². The predicted molar refractivity (Wildman–Crippen MR) is 186 cm³/mol. The third kappa shape index (κ3) is 4.33. The first kappa shape index (κ1) is 36.1. The number of carbonyl (C=O) groups is 5. The van der Waals surface area contributed by atoms with Crippen LogP contribution in [-0.2, 0) is 23.9 Å². The summed E-state index contributed by atoms with van der Waals surface area (Å²) in [6.07, 6.45) is 0.505. The van der Waals surface area contributed by atoms with Crippen LogP contribution in [0.4, 0.5) is 0 Å². The fourth-order valence-corrected chi connectivity index (χ4v) is 9.26. The van der Waals surface area contributed by atoms with Gasteiger partial charge in [-0.25, -0.2) is 0 Å². The third-order valence-electron chi connectivity index (χ3n) is 11.8. The highest BCUT2D eigenvalue weighted by Crippen LogP contribution is 2.69. The summed E-state index contributed by atoms with van der Waals surface area (Å²) in [5.41, 5.74) is -3.95. The van der Waals surface area contributed by atoms with E-state index in [1.54, 1.807) is 55.4 Å². The van der Waals surface area contributed by atoms with Crippen molar-refractivity contribution in [1.29, 1.82) is 0 Å². The molecule has 0 amide bonds. The van der Waals surface area contributed by atoms with Crippen LogP contribution in [0.1, 0.15) is 143 Å². The molecular weight excluding hydrogens is 636 g/mol. The number of phenolic OH excluding ortho intramolecular Hbond substituents is 1. The molecule has 1 aromatic rings. The molecule has 3 atom stereocenters. The van der Waals surface area contributed by atoms with E-state index < -0.39 is 51.0 Å². The van der Waals surface area contributed by atoms with E-state index in [1.165, 1.54) is 0 Å². The first-order valence-corrected chi connectivity index (χ1v) is 18.0. The van der Waals surface area contributed by atoms with Crippen LogP contribution in [0.25, 0.3) is 0 Å². The maximum absolute atomic E-state index is 14.6. The molecule has 0 radical (unpaired) electrons. The fourth-order valence-electron chi connectivity index (χ4n) is 9.26. The first-order valence-electron chi connectivity index (χ1n) is 18.0. The molecule has 9 nitrogen and oxygen atoms in total. The molecule has 1 N–H and O–H groups in total. The average Bonchev–Trinajstić information content (AvgIpc) is 3.51. The Hall–Kier alpha value is -3.75. The Labute approximate surface area is 295 Å². The number of hydrogen-bond donors (Lipinski definition) is 1. The second-order valence-electron chi connectivity index (χ2n) is 18.3. The number of allylic oxidation sites excluding steroid dienone is 3. The maximum Gasteiger partial charge on any atom is 0.264 e. The van der Waals surface area contributed by atoms with E-state index in [1.807, 2.05) is 41.5 Å². The van der Waals surface area contributed by atoms with Gasteiger partial charge in [-0.3, -0.25) is 24.0 Å². The molecule has 0 saturated carbocycles. The molecule has 1 aromatic carbocycles. The molecule has 0 saturated heterocycles. The standard InChI is InChI=1S/C41H52O9/c1-17(2)15-20-22-28(43)24(21(42)16-18(3)4)30-25(29(22)48-33-23(20)31(44)37(7,8)35(46)39(33,11)12)27-26-32(45)38(9,10)36(47)40(13,14)34(26)50-41(27,49-30)19(5)6/h17-20,27,43H,15-16H2,1-14H3/t20-,27-,41-/m1/s1. The molecule has 270 valence electrons. The Bertz CT molecular complexity index is 1880. The first-order chi connectivity index (χ1) is 22.8. The molecular formula is C41H52O9. The minimum Gasteiger partial charge on any atom is -0.507 e. The van der Waals surface area contributed by atoms with Gasteiger partial charge in [0.15, 0.2) is 28.9 Å². The van der Waals surface area contributed by atoms with Gasteiger partial charge in [0, 0.05) is 29.4 Å². The zero-order valence-electron chi connectivity index (χ0n) is 32.0. The number of benzene rings is 1. The minimum absolute atomic E-state index is 0.0292. The van der Waals surface area contributed by atoms with Crippen LogP contribution in [0, 0.1) is 39.4 Å². The highest BCUT2D eigenvalue weighted by atomic mass is 16.7. The van der Waals surface area contributed by atoms with Gasteiger partial charge in [-0.1, -0.05) is 41.5 Å². The molecule has 0 fully saturated rings. The summed E-state index contributed by atoms with van der Waals surface area (Å²) < 4.78 is 20.4. The Balaban J connectivity index is 1.78. The molecule has 0 spiro atoms. The zero-order valence-corrected chi connectivity index (χ0v) is 32.0. The van der Waals surface area contributed by atoms with Gasteiger partial charge < -0.3 is 19.3 Å². The number of carbonyl (C=O) groups excluding carboxylic acids is 5. The van der Waals surface area contributed by atoms with Crippen molar-refractivity contribution in [3.8, 4) is 17.2 Å². The number of aromatic hydroxyl groups is 1. The van der Waals surface area contributed by atoms with E-state index >= 15 is 0 Å². The summed E-state index contributed by atoms with van der Waals surface area (Å²) in [5.74, 6) is -5.06. The number of Topliss-reactive ketones (excluding diaryl/α,β-unsaturated/α-hetero) is 5. The van der Waals surface area contributed by atoms with Crippen molar-refractivity contribution >= 4 is 28.9 Å². The molecule has 5 aliphatic rings. The predicted octanol–water partition coefficient (Wildman–Crippen LogP) is 7.92. The summed E-state index contributed by atoms with van der Waals surface area (Å²) in [6, 6.07) is 0. The van der Waals surface area contributed by atoms with Crippen molar-refractivity contribution in [3.05, 3.63) is 39.4 Å². The van der Waals surface area contributed by atoms with Gasteiger partial charge in [-0.05, 0) is 73.6 Å². The van der Waals surface area contributed by atoms with E-state index in [-0.39, 0.29) is 86.9 Å². The van der Waals surface area contributed by atoms with Gasteiger partial charge in [0.2, 0.25) is 0 Å². The van der Waals surface area contributed by atoms with Gasteiger partial charge >= 0.3 is 0 Å². The lowest BCUT2D eigenvalue weighted by Crippen LogP contribution is -2.51. The number of fused-ring (bicyclic) bond motifs is 6. The van der Waals surface area contributed by atoms with Crippen LogP contribution in [0.2, 0.25) is 0 Å². The van der Waals surface area contributed by atoms with Crippen molar-refractivity contribution in [2.24, 2.45) is 39.4 Å². The van der Waals surface area contributed by atoms with E-state index in [0.717, 1.165) is 0 Å². The van der Waals surface area contributed by atoms with Crippen molar-refractivity contribution in [2.45, 2.75) is 127 Å². The molecule has 2 aliphatic carbocycles. The zero-order chi connectivity index (χ0) is 37.6. The Morgan fingerprint density at radius 1 is 0.680 bits per heavy atom. The quantitative estimate of drug-likeness (QED) is 0.234. The number of ketones is 5. The lowest BCUT2D eigenvalue weighted by atomic mass is 9.59. The molecule has 6 rings (SSSR count). The number of hydrogen-bond acceptors (Lipinski definition) is 9. The average molecular weight is 689 g/mol. The highest BCUT2D eigenvalue weighted by Gasteiger charge is 2.70. The van der Waals surface area contributed by atoms with Gasteiger partial charge in [0.25, 0.3) is 5.79 Å². The van der Waals surface area contributed by atoms with Crippen LogP contribution >= 0.6 is 0 Å². The number of rotatable bonds is 6. The molecule has 0 unspecified atom stereocenters. The summed E-state index contributed by atoms with van der Waals surface area (Å²) in [6.45, 7) is 25.1. The summed E-state index contributed by atoms with van der Waals surface area (Å²) >= 11 is 0. The SMILES string of the molecule is CC(C)CC(=O)c1c(O)c2c(c3c1O[C@]1(C(C)C)OC4=C(C(=O)C(C)(C)C(=O)C4(C)C)[C@@H]31)OC1=C(C(=O)C(C)(C)C(=O)C1(C)C)[C@@H]2CC(C)C. The van der Waals surface area contributed by atoms with Crippen LogP contribution in [0.15, 0.2) is 22.7 Å². The smallest absolute Gasteiger partial charge is 0.264 e. The van der Waals surface area contributed by atoms with Crippen LogP contribution in [-0.4, -0.2) is 39.8 Å². The van der Waals surface area contributed by atoms with E-state index in [0.29, 0.717) is 17.6 Å². The van der Waals surface area contributed by atoms with Crippen LogP contribution < -0.4 is 9.47 Å². The van der Waals surface area contributed by atoms with Crippen molar-refractivity contribution in [3.63, 3.8) is 0 Å². The van der Waals surface area contributed by atoms with Gasteiger partial charge in [0.05, 0.1) is 32.8 Å². The second kappa shape index (κ2) is 10.6. The fraction of sp³-hybridized carbons (Fsp3) is 0.634. The molecule has 9 heteroatoms. The third-order valence-corrected chi connectivity index (χ3v) is 11.8. The monoisotopic (exact) mass is 688 g/mol. The molecule has 0 aromatic heterocycles. The Morgan fingerprint density at radius 3 is 1.70 bits per heavy atom. The number of phenols is 1. The lowest BCUT2D eigenvalue weighted by Gasteiger charge is -2.45. The molecule has 50 heavy (non-hydrogen) atoms. The maximum atomic E-state index is 14.6. The van der Waals surface area contributed by atoms with Crippen LogP contribution in [0.3, 0.4) is 0 Å². The van der Waals surface area contributed by atoms with Gasteiger partial charge in [-0.2, -0.15) is 0 Å². The Kier molecular flexibility index (Phi) is 7.67. The number of ether oxygens (including phenoxy) is 3. The summed E-state index contributed by atoms with van der Waals surface area (Å²) in [7, 11) is 0. The topological polar surface area (TPSA) is 133 Å². The molecule has 3 aliphatic heterocycles. The lowest BCUT2D eigenvalue weighted by molar-refractivity contribution is -0.177. The Morgan fingerprint density at radius 2 is 1.20 bits per heavy atom. The second-order valence-corrected chi connectivity index (χ2v) is 18.3. The highest BCUT2D eigenvalue weighted by molar-refractivity contribution is 6.21. The van der Waals surface area contributed by atoms with E-state index in [4.69, 9.17) is 14.2 Å². The van der Waals surface area contributed by atoms with Gasteiger partial charge in [0.1, 0.15) is 40.2 Å². The minimum atomic E-state index is -1.56. The summed E-state index contributed by atoms with van der Waals surface area (Å²) in [5, 5.41) is 12.4. The van der Waals surface area contributed by atoms with Crippen molar-refractivity contribution < 1.29 is 43.3 Å². The van der Waals surface area contributed by atoms with E-state index in [2.05, 4.69) is 0 Å².